The van der Waals surface area contributed by atoms with Crippen LogP contribution < -0.4 is 5.73 Å². The molecule has 2 aromatic carbocycles. The molecule has 0 saturated heterocycles. The Balaban J connectivity index is 1.79. The molecule has 0 bridgehead atoms. The van der Waals surface area contributed by atoms with Crippen molar-refractivity contribution in [2.75, 3.05) is 0 Å². The van der Waals surface area contributed by atoms with Gasteiger partial charge in [0.15, 0.2) is 5.82 Å². The van der Waals surface area contributed by atoms with Gasteiger partial charge in [-0.3, -0.25) is 4.98 Å². The second-order valence-corrected chi connectivity index (χ2v) is 5.85. The van der Waals surface area contributed by atoms with Crippen LogP contribution in [0.25, 0.3) is 33.9 Å². The van der Waals surface area contributed by atoms with Crippen LogP contribution >= 0.6 is 0 Å². The Morgan fingerprint density at radius 3 is 2.62 bits per heavy atom. The van der Waals surface area contributed by atoms with Crippen molar-refractivity contribution < 1.29 is 0 Å². The normalized spacial score (nSPS) is 11.6. The lowest BCUT2D eigenvalue weighted by Gasteiger charge is -2.06. The van der Waals surface area contributed by atoms with E-state index in [1.54, 1.807) is 10.9 Å². The lowest BCUT2D eigenvalue weighted by molar-refractivity contribution is 0.892. The Bertz CT molecular complexity index is 1110. The standard InChI is InChI=1S/C21H17N5/c1-23-21-18(17-12-16-9-5-6-10-19(16)24-13-17)14-25-26(21)20(22)11-15-7-3-2-4-8-15/h2-14H,1,22H2/b20-11+. The van der Waals surface area contributed by atoms with Gasteiger partial charge in [0, 0.05) is 22.7 Å². The molecular formula is C21H17N5. The summed E-state index contributed by atoms with van der Waals surface area (Å²) in [7, 11) is 0. The maximum absolute atomic E-state index is 6.24. The van der Waals surface area contributed by atoms with Crippen LogP contribution in [-0.2, 0) is 0 Å². The van der Waals surface area contributed by atoms with Crippen LogP contribution in [0.1, 0.15) is 5.56 Å². The zero-order valence-corrected chi connectivity index (χ0v) is 14.1. The number of nitrogens with zero attached hydrogens (tertiary/aromatic N) is 4. The van der Waals surface area contributed by atoms with Gasteiger partial charge in [0.2, 0.25) is 0 Å². The molecule has 0 aliphatic rings. The van der Waals surface area contributed by atoms with Gasteiger partial charge in [0.05, 0.1) is 11.7 Å². The number of aliphatic imine (C=N–C) groups is 1. The smallest absolute Gasteiger partial charge is 0.164 e. The van der Waals surface area contributed by atoms with Crippen molar-refractivity contribution in [1.29, 1.82) is 0 Å². The number of nitrogens with two attached hydrogens (primary N) is 1. The number of benzene rings is 2. The number of hydrogen-bond donors (Lipinski definition) is 1. The van der Waals surface area contributed by atoms with Gasteiger partial charge in [-0.05, 0) is 30.5 Å². The van der Waals surface area contributed by atoms with Gasteiger partial charge in [-0.2, -0.15) is 9.78 Å². The highest BCUT2D eigenvalue weighted by molar-refractivity contribution is 5.86. The Labute approximate surface area is 151 Å². The first-order valence-electron chi connectivity index (χ1n) is 8.19. The van der Waals surface area contributed by atoms with E-state index in [4.69, 9.17) is 5.73 Å². The SMILES string of the molecule is C=Nc1c(-c2cnc3ccccc3c2)cnn1/C(N)=C/c1ccccc1. The third-order valence-electron chi connectivity index (χ3n) is 4.15. The fourth-order valence-corrected chi connectivity index (χ4v) is 2.89. The molecule has 5 nitrogen and oxygen atoms in total. The highest BCUT2D eigenvalue weighted by Gasteiger charge is 2.14. The summed E-state index contributed by atoms with van der Waals surface area (Å²) in [6.07, 6.45) is 5.40. The topological polar surface area (TPSA) is 69.1 Å². The molecule has 2 aromatic heterocycles. The molecule has 5 heteroatoms. The van der Waals surface area contributed by atoms with Crippen LogP contribution in [0.5, 0.6) is 0 Å². The predicted octanol–water partition coefficient (Wildman–Crippen LogP) is 4.34. The molecule has 0 fully saturated rings. The van der Waals surface area contributed by atoms with Gasteiger partial charge in [-0.1, -0.05) is 48.5 Å². The fourth-order valence-electron chi connectivity index (χ4n) is 2.89. The first-order chi connectivity index (χ1) is 12.8. The number of pyridine rings is 1. The van der Waals surface area contributed by atoms with Crippen LogP contribution in [0.4, 0.5) is 5.82 Å². The molecule has 26 heavy (non-hydrogen) atoms. The van der Waals surface area contributed by atoms with E-state index in [0.29, 0.717) is 11.6 Å². The molecule has 0 radical (unpaired) electrons. The van der Waals surface area contributed by atoms with Crippen molar-refractivity contribution in [2.24, 2.45) is 10.7 Å². The molecule has 0 saturated carbocycles. The summed E-state index contributed by atoms with van der Waals surface area (Å²) in [6.45, 7) is 3.69. The average molecular weight is 339 g/mol. The first-order valence-corrected chi connectivity index (χ1v) is 8.19. The summed E-state index contributed by atoms with van der Waals surface area (Å²) in [4.78, 5) is 8.66. The fraction of sp³-hybridized carbons (Fsp3) is 0. The Kier molecular flexibility index (Phi) is 4.03. The van der Waals surface area contributed by atoms with E-state index < -0.39 is 0 Å². The van der Waals surface area contributed by atoms with Gasteiger partial charge < -0.3 is 5.73 Å². The Hall–Kier alpha value is -3.73. The van der Waals surface area contributed by atoms with E-state index in [1.807, 2.05) is 66.9 Å². The quantitative estimate of drug-likeness (QED) is 0.562. The predicted molar refractivity (Wildman–Crippen MR) is 107 cm³/mol. The summed E-state index contributed by atoms with van der Waals surface area (Å²) in [6, 6.07) is 19.9. The van der Waals surface area contributed by atoms with Crippen molar-refractivity contribution in [2.45, 2.75) is 0 Å². The monoisotopic (exact) mass is 339 g/mol. The van der Waals surface area contributed by atoms with Crippen molar-refractivity contribution in [3.05, 3.63) is 78.6 Å². The summed E-state index contributed by atoms with van der Waals surface area (Å²) >= 11 is 0. The lowest BCUT2D eigenvalue weighted by Crippen LogP contribution is -2.07. The van der Waals surface area contributed by atoms with Crippen LogP contribution in [0.3, 0.4) is 0 Å². The highest BCUT2D eigenvalue weighted by Crippen LogP contribution is 2.32. The van der Waals surface area contributed by atoms with Crippen LogP contribution in [0.2, 0.25) is 0 Å². The number of fused-ring (bicyclic) bond motifs is 1. The minimum atomic E-state index is 0.471. The van der Waals surface area contributed by atoms with Gasteiger partial charge >= 0.3 is 0 Å². The summed E-state index contributed by atoms with van der Waals surface area (Å²) in [5, 5.41) is 5.46. The first kappa shape index (κ1) is 15.8. The van der Waals surface area contributed by atoms with Gasteiger partial charge in [0.1, 0.15) is 5.82 Å². The molecule has 4 aromatic rings. The van der Waals surface area contributed by atoms with E-state index in [1.165, 1.54) is 0 Å². The second kappa shape index (κ2) is 6.64. The van der Waals surface area contributed by atoms with Crippen molar-refractivity contribution in [3.63, 3.8) is 0 Å². The third-order valence-corrected chi connectivity index (χ3v) is 4.15. The van der Waals surface area contributed by atoms with E-state index >= 15 is 0 Å². The minimum Gasteiger partial charge on any atom is -0.384 e. The zero-order chi connectivity index (χ0) is 17.9. The van der Waals surface area contributed by atoms with Crippen LogP contribution in [0, 0.1) is 0 Å². The minimum absolute atomic E-state index is 0.471. The number of para-hydroxylation sites is 1. The maximum atomic E-state index is 6.24. The number of hydrogen-bond acceptors (Lipinski definition) is 4. The van der Waals surface area contributed by atoms with Gasteiger partial charge in [-0.25, -0.2) is 4.99 Å². The molecule has 126 valence electrons. The zero-order valence-electron chi connectivity index (χ0n) is 14.1. The number of aromatic nitrogens is 3. The van der Waals surface area contributed by atoms with E-state index in [2.05, 4.69) is 27.9 Å². The van der Waals surface area contributed by atoms with Crippen LogP contribution in [0.15, 0.2) is 78.0 Å². The second-order valence-electron chi connectivity index (χ2n) is 5.85. The molecule has 0 unspecified atom stereocenters. The van der Waals surface area contributed by atoms with Gasteiger partial charge in [0.25, 0.3) is 0 Å². The largest absolute Gasteiger partial charge is 0.384 e. The molecule has 0 atom stereocenters. The van der Waals surface area contributed by atoms with Gasteiger partial charge in [-0.15, -0.1) is 0 Å². The van der Waals surface area contributed by atoms with E-state index in [9.17, 15) is 0 Å². The van der Waals surface area contributed by atoms with E-state index in [-0.39, 0.29) is 0 Å². The maximum Gasteiger partial charge on any atom is 0.164 e. The van der Waals surface area contributed by atoms with Crippen LogP contribution in [-0.4, -0.2) is 21.5 Å². The highest BCUT2D eigenvalue weighted by atomic mass is 15.3. The van der Waals surface area contributed by atoms with Crippen molar-refractivity contribution >= 4 is 35.3 Å². The Morgan fingerprint density at radius 1 is 1.04 bits per heavy atom. The molecule has 2 N–H and O–H groups in total. The van der Waals surface area contributed by atoms with E-state index in [0.717, 1.165) is 27.6 Å². The summed E-state index contributed by atoms with van der Waals surface area (Å²) < 4.78 is 1.59. The van der Waals surface area contributed by atoms with Crippen molar-refractivity contribution in [3.8, 4) is 11.1 Å². The summed E-state index contributed by atoms with van der Waals surface area (Å²) in [5.74, 6) is 1.06. The molecule has 0 aliphatic heterocycles. The summed E-state index contributed by atoms with van der Waals surface area (Å²) in [5.41, 5.74) is 9.94. The number of rotatable bonds is 4. The molecule has 0 aliphatic carbocycles. The van der Waals surface area contributed by atoms with Crippen molar-refractivity contribution in [1.82, 2.24) is 14.8 Å². The molecule has 0 amide bonds. The third kappa shape index (κ3) is 2.86. The molecule has 2 heterocycles. The Morgan fingerprint density at radius 2 is 1.81 bits per heavy atom. The lowest BCUT2D eigenvalue weighted by atomic mass is 10.1. The average Bonchev–Trinajstić information content (AvgIpc) is 3.12. The molecular weight excluding hydrogens is 322 g/mol. The molecule has 4 rings (SSSR count). The molecule has 0 spiro atoms.